The van der Waals surface area contributed by atoms with E-state index < -0.39 is 0 Å². The van der Waals surface area contributed by atoms with E-state index in [1.54, 1.807) is 0 Å². The molecular formula is C150H148. The van der Waals surface area contributed by atoms with Crippen molar-refractivity contribution in [3.8, 4) is 178 Å². The van der Waals surface area contributed by atoms with Crippen LogP contribution in [0.25, 0.3) is 178 Å². The summed E-state index contributed by atoms with van der Waals surface area (Å²) in [6.07, 6.45) is 0. The quantitative estimate of drug-likeness (QED) is 0.128. The molecule has 0 atom stereocenters. The SMILES string of the molecule is CC(C)(C)c1ccc(-c2cc(-c3cc(-c4ccc5c(c4)C(C)(C)c4cc(C(C)(C)C)ccc4-5)cc(-c4ccc5c(c4)C(C)(C)c4cc(C(C)(C)C)ccc4-5)c3)cc(-c3ccc4c(c3)C(C)(C)c3cc(C(C)(C)C)ccc3-4)c2)cc1.CC(C)(C)c1ccc2c(c1)C(C)(C)c1cc(-c3cc(-c4cc(-c5ccccc5)cc(-c5ccc6c(c5)C(C)(C)c5ccccc5-6)c4)cc(-c4ccc5c(c4)C(C)(C)c4cc(C(C)(C)C)ccc4-5)c3)ccc1-2. The van der Waals surface area contributed by atoms with Gasteiger partial charge in [0, 0.05) is 32.5 Å². The van der Waals surface area contributed by atoms with Crippen LogP contribution in [-0.4, -0.2) is 0 Å². The Labute approximate surface area is 896 Å². The molecule has 748 valence electrons. The fraction of sp³-hybridized carbons (Fsp3) is 0.280. The van der Waals surface area contributed by atoms with Gasteiger partial charge in [-0.2, -0.15) is 0 Å². The second-order valence-electron chi connectivity index (χ2n) is 54.3. The third-order valence-corrected chi connectivity index (χ3v) is 35.9. The van der Waals surface area contributed by atoms with Gasteiger partial charge in [0.15, 0.2) is 0 Å². The summed E-state index contributed by atoms with van der Waals surface area (Å²) in [4.78, 5) is 0. The van der Waals surface area contributed by atoms with Gasteiger partial charge < -0.3 is 0 Å². The average molecular weight is 1950 g/mol. The molecule has 24 rings (SSSR count). The van der Waals surface area contributed by atoms with Crippen LogP contribution in [0.4, 0.5) is 0 Å². The third-order valence-electron chi connectivity index (χ3n) is 35.9. The van der Waals surface area contributed by atoms with Crippen LogP contribution in [0.3, 0.4) is 0 Å². The predicted molar refractivity (Wildman–Crippen MR) is 645 cm³/mol. The van der Waals surface area contributed by atoms with Crippen LogP contribution in [0.1, 0.15) is 308 Å². The molecule has 0 aliphatic heterocycles. The lowest BCUT2D eigenvalue weighted by molar-refractivity contribution is 0.584. The van der Waals surface area contributed by atoms with Crippen molar-refractivity contribution in [1.29, 1.82) is 0 Å². The summed E-state index contributed by atoms with van der Waals surface area (Å²) in [6.45, 7) is 70.7. The predicted octanol–water partition coefficient (Wildman–Crippen LogP) is 41.7. The van der Waals surface area contributed by atoms with Gasteiger partial charge in [0.25, 0.3) is 0 Å². The highest BCUT2D eigenvalue weighted by Crippen LogP contribution is 2.60. The second-order valence-corrected chi connectivity index (χ2v) is 54.3. The first kappa shape index (κ1) is 99.2. The summed E-state index contributed by atoms with van der Waals surface area (Å²) >= 11 is 0. The van der Waals surface area contributed by atoms with Crippen molar-refractivity contribution in [2.75, 3.05) is 0 Å². The van der Waals surface area contributed by atoms with E-state index in [0.717, 1.165) is 0 Å². The first-order chi connectivity index (χ1) is 70.6. The van der Waals surface area contributed by atoms with Gasteiger partial charge in [-0.05, 0) is 420 Å². The van der Waals surface area contributed by atoms with Gasteiger partial charge in [0.2, 0.25) is 0 Å². The third kappa shape index (κ3) is 16.6. The van der Waals surface area contributed by atoms with Crippen LogP contribution in [-0.2, 0) is 65.0 Å². The van der Waals surface area contributed by atoms with Crippen molar-refractivity contribution >= 4 is 0 Å². The van der Waals surface area contributed by atoms with E-state index in [1.807, 2.05) is 0 Å². The lowest BCUT2D eigenvalue weighted by Gasteiger charge is -2.26. The average Bonchev–Trinajstić information content (AvgIpc) is 1.58. The Morgan fingerprint density at radius 2 is 0.247 bits per heavy atom. The Hall–Kier alpha value is -14.0. The lowest BCUT2D eigenvalue weighted by atomic mass is 9.78. The topological polar surface area (TPSA) is 0 Å². The maximum Gasteiger partial charge on any atom is 0.0159 e. The molecule has 0 bridgehead atoms. The molecule has 0 fully saturated rings. The van der Waals surface area contributed by atoms with Gasteiger partial charge in [0.05, 0.1) is 0 Å². The first-order valence-electron chi connectivity index (χ1n) is 55.1. The fourth-order valence-corrected chi connectivity index (χ4v) is 26.1. The van der Waals surface area contributed by atoms with E-state index in [1.165, 1.54) is 278 Å². The van der Waals surface area contributed by atoms with Gasteiger partial charge >= 0.3 is 0 Å². The van der Waals surface area contributed by atoms with E-state index in [4.69, 9.17) is 0 Å². The molecule has 0 nitrogen and oxygen atoms in total. The first-order valence-corrected chi connectivity index (χ1v) is 55.1. The second kappa shape index (κ2) is 34.2. The van der Waals surface area contributed by atoms with Gasteiger partial charge in [-0.3, -0.25) is 0 Å². The lowest BCUT2D eigenvalue weighted by Crippen LogP contribution is -2.17. The molecule has 18 aromatic carbocycles. The molecule has 0 unspecified atom stereocenters. The van der Waals surface area contributed by atoms with Gasteiger partial charge in [-0.1, -0.05) is 450 Å². The van der Waals surface area contributed by atoms with Gasteiger partial charge in [0.1, 0.15) is 0 Å². The molecule has 0 spiro atoms. The summed E-state index contributed by atoms with van der Waals surface area (Å²) in [5.74, 6) is 0. The van der Waals surface area contributed by atoms with Crippen LogP contribution in [0.5, 0.6) is 0 Å². The highest BCUT2D eigenvalue weighted by molar-refractivity contribution is 5.96. The minimum atomic E-state index is -0.151. The minimum Gasteiger partial charge on any atom is -0.0622 e. The van der Waals surface area contributed by atoms with Crippen molar-refractivity contribution < 1.29 is 0 Å². The fourth-order valence-electron chi connectivity index (χ4n) is 26.1. The molecule has 0 N–H and O–H groups in total. The molecule has 6 aliphatic rings. The van der Waals surface area contributed by atoms with E-state index in [-0.39, 0.29) is 65.0 Å². The molecule has 0 heterocycles. The standard InChI is InChI=1S/C79H82.C71H66/c1-73(2,3)57-24-19-47(20-25-57)51-35-52(48-21-29-61-64-32-26-58(74(4,5)6)44-70(64)77(13,14)67(61)41-48)38-55(36-51)56-39-53(49-22-30-62-65-33-27-59(75(7,8)9)45-71(65)78(15,16)68(62)42-49)37-54(40-56)50-23-31-63-66-34-28-60(76(10,11)12)46-72(66)79(17,18)69(63)43-50;1-67(2,3)53-25-30-59-57-28-23-45(39-63(57)70(9,10)65(59)41-53)49-34-50(46-24-29-58-60-31-26-54(68(4,5)6)42-66(60)71(11,12)64(58)40-46)37-52(36-49)51-33-47(43-18-14-13-15-19-43)32-48(35-51)44-22-27-56-55-20-16-17-21-61(55)69(7,8)62(56)38-44/h19-46H,1-18H3;13-42H,1-12H3. The Kier molecular flexibility index (Phi) is 22.7. The van der Waals surface area contributed by atoms with Crippen LogP contribution in [0, 0.1) is 0 Å². The van der Waals surface area contributed by atoms with Crippen molar-refractivity contribution in [3.63, 3.8) is 0 Å². The minimum absolute atomic E-state index is 0.0562. The highest BCUT2D eigenvalue weighted by Gasteiger charge is 2.45. The number of rotatable bonds is 10. The van der Waals surface area contributed by atoms with Crippen LogP contribution < -0.4 is 0 Å². The van der Waals surface area contributed by atoms with Crippen molar-refractivity contribution in [2.45, 2.75) is 273 Å². The molecule has 0 saturated carbocycles. The smallest absolute Gasteiger partial charge is 0.0159 e. The normalized spacial score (nSPS) is 15.5. The monoisotopic (exact) mass is 1950 g/mol. The molecule has 18 aromatic rings. The number of hydrogen-bond donors (Lipinski definition) is 0. The van der Waals surface area contributed by atoms with Gasteiger partial charge in [-0.15, -0.1) is 0 Å². The zero-order chi connectivity index (χ0) is 106. The van der Waals surface area contributed by atoms with Crippen LogP contribution >= 0.6 is 0 Å². The molecular weight excluding hydrogens is 1800 g/mol. The zero-order valence-electron chi connectivity index (χ0n) is 94.5. The molecule has 6 aliphatic carbocycles. The Bertz CT molecular complexity index is 8370. The Balaban J connectivity index is 0.000000165. The van der Waals surface area contributed by atoms with Gasteiger partial charge in [-0.25, -0.2) is 0 Å². The van der Waals surface area contributed by atoms with Crippen molar-refractivity contribution in [1.82, 2.24) is 0 Å². The van der Waals surface area contributed by atoms with E-state index in [2.05, 4.69) is 560 Å². The number of fused-ring (bicyclic) bond motifs is 18. The van der Waals surface area contributed by atoms with Crippen molar-refractivity contribution in [3.05, 3.63) is 452 Å². The summed E-state index contributed by atoms with van der Waals surface area (Å²) < 4.78 is 0. The molecule has 0 heteroatoms. The summed E-state index contributed by atoms with van der Waals surface area (Å²) in [7, 11) is 0. The van der Waals surface area contributed by atoms with Crippen molar-refractivity contribution in [2.24, 2.45) is 0 Å². The zero-order valence-corrected chi connectivity index (χ0v) is 94.5. The summed E-state index contributed by atoms with van der Waals surface area (Å²) in [5.41, 5.74) is 65.5. The van der Waals surface area contributed by atoms with Crippen LogP contribution in [0.15, 0.2) is 352 Å². The highest BCUT2D eigenvalue weighted by atomic mass is 14.5. The maximum atomic E-state index is 2.51. The van der Waals surface area contributed by atoms with E-state index in [9.17, 15) is 0 Å². The Morgan fingerprint density at radius 3 is 0.453 bits per heavy atom. The number of benzene rings is 18. The maximum absolute atomic E-state index is 2.51. The summed E-state index contributed by atoms with van der Waals surface area (Å²) in [5, 5.41) is 0. The van der Waals surface area contributed by atoms with E-state index >= 15 is 0 Å². The largest absolute Gasteiger partial charge is 0.0622 e. The molecule has 0 radical (unpaired) electrons. The molecule has 0 aromatic heterocycles. The Morgan fingerprint density at radius 1 is 0.107 bits per heavy atom. The van der Waals surface area contributed by atoms with Crippen LogP contribution in [0.2, 0.25) is 0 Å². The summed E-state index contributed by atoms with van der Waals surface area (Å²) in [6, 6.07) is 138. The molecule has 0 amide bonds. The van der Waals surface area contributed by atoms with E-state index in [0.29, 0.717) is 0 Å². The number of hydrogen-bond acceptors (Lipinski definition) is 0. The molecule has 150 heavy (non-hydrogen) atoms. The molecule has 0 saturated heterocycles.